The van der Waals surface area contributed by atoms with E-state index in [2.05, 4.69) is 43.1 Å². The molecule has 0 unspecified atom stereocenters. The molecule has 0 heterocycles. The molecule has 0 saturated heterocycles. The molecule has 0 saturated carbocycles. The van der Waals surface area contributed by atoms with Crippen LogP contribution in [0.4, 0.5) is 5.69 Å². The van der Waals surface area contributed by atoms with Gasteiger partial charge in [-0.1, -0.05) is 36.4 Å². The fourth-order valence-electron chi connectivity index (χ4n) is 2.07. The second-order valence-electron chi connectivity index (χ2n) is 5.03. The van der Waals surface area contributed by atoms with Crippen LogP contribution in [0.5, 0.6) is 11.5 Å². The van der Waals surface area contributed by atoms with Crippen molar-refractivity contribution in [2.45, 2.75) is 20.4 Å². The largest absolute Gasteiger partial charge is 0.490 e. The molecule has 0 radical (unpaired) electrons. The van der Waals surface area contributed by atoms with E-state index in [9.17, 15) is 0 Å². The highest BCUT2D eigenvalue weighted by Gasteiger charge is 2.06. The van der Waals surface area contributed by atoms with Crippen molar-refractivity contribution in [2.24, 2.45) is 0 Å². The van der Waals surface area contributed by atoms with Gasteiger partial charge in [0.05, 0.1) is 6.61 Å². The maximum absolute atomic E-state index is 5.66. The van der Waals surface area contributed by atoms with Crippen molar-refractivity contribution in [3.05, 3.63) is 66.2 Å². The number of rotatable bonds is 8. The maximum Gasteiger partial charge on any atom is 0.161 e. The Bertz CT molecular complexity index is 605. The topological polar surface area (TPSA) is 30.5 Å². The molecule has 2 aromatic carbocycles. The highest BCUT2D eigenvalue weighted by atomic mass is 16.5. The van der Waals surface area contributed by atoms with E-state index in [-0.39, 0.29) is 0 Å². The molecule has 22 heavy (non-hydrogen) atoms. The SMILES string of the molecule is C=CCOc1ccc(CNc2ccc(C)cc2)cc1OCC. The molecule has 0 aliphatic carbocycles. The van der Waals surface area contributed by atoms with Crippen LogP contribution in [-0.4, -0.2) is 13.2 Å². The predicted octanol–water partition coefficient (Wildman–Crippen LogP) is 4.57. The van der Waals surface area contributed by atoms with Gasteiger partial charge in [0, 0.05) is 12.2 Å². The number of anilines is 1. The first-order valence-electron chi connectivity index (χ1n) is 7.53. The van der Waals surface area contributed by atoms with Crippen LogP contribution in [0.3, 0.4) is 0 Å². The molecule has 1 N–H and O–H groups in total. The number of aryl methyl sites for hydroxylation is 1. The zero-order valence-electron chi connectivity index (χ0n) is 13.3. The predicted molar refractivity (Wildman–Crippen MR) is 91.8 cm³/mol. The molecule has 0 bridgehead atoms. The summed E-state index contributed by atoms with van der Waals surface area (Å²) >= 11 is 0. The van der Waals surface area contributed by atoms with Gasteiger partial charge in [-0.25, -0.2) is 0 Å². The summed E-state index contributed by atoms with van der Waals surface area (Å²) in [5.74, 6) is 1.52. The lowest BCUT2D eigenvalue weighted by Crippen LogP contribution is -2.02. The third-order valence-corrected chi connectivity index (χ3v) is 3.21. The lowest BCUT2D eigenvalue weighted by molar-refractivity contribution is 0.296. The van der Waals surface area contributed by atoms with Crippen molar-refractivity contribution in [1.82, 2.24) is 0 Å². The molecule has 3 nitrogen and oxygen atoms in total. The number of benzene rings is 2. The molecule has 0 aliphatic rings. The number of hydrogen-bond donors (Lipinski definition) is 1. The molecule has 2 aromatic rings. The minimum atomic E-state index is 0.473. The molecule has 0 aliphatic heterocycles. The van der Waals surface area contributed by atoms with Crippen molar-refractivity contribution >= 4 is 5.69 Å². The average Bonchev–Trinajstić information content (AvgIpc) is 2.54. The van der Waals surface area contributed by atoms with Crippen molar-refractivity contribution < 1.29 is 9.47 Å². The molecule has 0 fully saturated rings. The Hall–Kier alpha value is -2.42. The summed E-state index contributed by atoms with van der Waals surface area (Å²) in [5.41, 5.74) is 3.51. The summed E-state index contributed by atoms with van der Waals surface area (Å²) in [5, 5.41) is 3.41. The minimum absolute atomic E-state index is 0.473. The molecule has 0 atom stereocenters. The standard InChI is InChI=1S/C19H23NO2/c1-4-12-22-18-11-8-16(13-19(18)21-5-2)14-20-17-9-6-15(3)7-10-17/h4,6-11,13,20H,1,5,12,14H2,2-3H3. The zero-order valence-corrected chi connectivity index (χ0v) is 13.3. The highest BCUT2D eigenvalue weighted by molar-refractivity contribution is 5.47. The Morgan fingerprint density at radius 3 is 2.50 bits per heavy atom. The molecule has 3 heteroatoms. The molecule has 2 rings (SSSR count). The summed E-state index contributed by atoms with van der Waals surface area (Å²) in [6.07, 6.45) is 1.72. The summed E-state index contributed by atoms with van der Waals surface area (Å²) in [7, 11) is 0. The third-order valence-electron chi connectivity index (χ3n) is 3.21. The van der Waals surface area contributed by atoms with Gasteiger partial charge >= 0.3 is 0 Å². The van der Waals surface area contributed by atoms with E-state index >= 15 is 0 Å². The third kappa shape index (κ3) is 4.55. The van der Waals surface area contributed by atoms with Crippen LogP contribution >= 0.6 is 0 Å². The number of nitrogens with one attached hydrogen (secondary N) is 1. The van der Waals surface area contributed by atoms with Gasteiger partial charge in [0.25, 0.3) is 0 Å². The van der Waals surface area contributed by atoms with E-state index < -0.39 is 0 Å². The Kier molecular flexibility index (Phi) is 5.90. The maximum atomic E-state index is 5.66. The summed E-state index contributed by atoms with van der Waals surface area (Å²) in [6, 6.07) is 14.4. The van der Waals surface area contributed by atoms with Crippen LogP contribution in [0.15, 0.2) is 55.1 Å². The Balaban J connectivity index is 2.05. The Morgan fingerprint density at radius 2 is 1.82 bits per heavy atom. The van der Waals surface area contributed by atoms with Crippen LogP contribution in [0.1, 0.15) is 18.1 Å². The van der Waals surface area contributed by atoms with Gasteiger partial charge in [0.15, 0.2) is 11.5 Å². The fourth-order valence-corrected chi connectivity index (χ4v) is 2.07. The average molecular weight is 297 g/mol. The van der Waals surface area contributed by atoms with Gasteiger partial charge in [-0.15, -0.1) is 0 Å². The fraction of sp³-hybridized carbons (Fsp3) is 0.263. The van der Waals surface area contributed by atoms with E-state index in [0.29, 0.717) is 13.2 Å². The van der Waals surface area contributed by atoms with Gasteiger partial charge in [-0.3, -0.25) is 0 Å². The smallest absolute Gasteiger partial charge is 0.161 e. The van der Waals surface area contributed by atoms with Gasteiger partial charge in [0.2, 0.25) is 0 Å². The first-order chi connectivity index (χ1) is 10.7. The molecular formula is C19H23NO2. The quantitative estimate of drug-likeness (QED) is 0.724. The van der Waals surface area contributed by atoms with Crippen molar-refractivity contribution in [3.63, 3.8) is 0 Å². The summed E-state index contributed by atoms with van der Waals surface area (Å²) < 4.78 is 11.3. The number of ether oxygens (including phenoxy) is 2. The molecule has 116 valence electrons. The Morgan fingerprint density at radius 1 is 1.05 bits per heavy atom. The second-order valence-corrected chi connectivity index (χ2v) is 5.03. The van der Waals surface area contributed by atoms with Gasteiger partial charge in [0.1, 0.15) is 6.61 Å². The van der Waals surface area contributed by atoms with E-state index in [1.807, 2.05) is 25.1 Å². The molecule has 0 aromatic heterocycles. The lowest BCUT2D eigenvalue weighted by Gasteiger charge is -2.13. The van der Waals surface area contributed by atoms with Gasteiger partial charge in [-0.05, 0) is 43.7 Å². The second kappa shape index (κ2) is 8.13. The number of hydrogen-bond acceptors (Lipinski definition) is 3. The lowest BCUT2D eigenvalue weighted by atomic mass is 10.2. The first kappa shape index (κ1) is 16.0. The molecular weight excluding hydrogens is 274 g/mol. The van der Waals surface area contributed by atoms with Gasteiger partial charge in [-0.2, -0.15) is 0 Å². The van der Waals surface area contributed by atoms with Crippen molar-refractivity contribution in [3.8, 4) is 11.5 Å². The monoisotopic (exact) mass is 297 g/mol. The first-order valence-corrected chi connectivity index (χ1v) is 7.53. The van der Waals surface area contributed by atoms with E-state index in [1.54, 1.807) is 6.08 Å². The normalized spacial score (nSPS) is 10.1. The Labute approximate surface area is 132 Å². The van der Waals surface area contributed by atoms with E-state index in [0.717, 1.165) is 29.3 Å². The molecule has 0 spiro atoms. The van der Waals surface area contributed by atoms with Crippen LogP contribution in [0, 0.1) is 6.92 Å². The van der Waals surface area contributed by atoms with Gasteiger partial charge < -0.3 is 14.8 Å². The van der Waals surface area contributed by atoms with E-state index in [4.69, 9.17) is 9.47 Å². The molecule has 0 amide bonds. The zero-order chi connectivity index (χ0) is 15.8. The van der Waals surface area contributed by atoms with Crippen molar-refractivity contribution in [1.29, 1.82) is 0 Å². The van der Waals surface area contributed by atoms with Crippen LogP contribution in [0.25, 0.3) is 0 Å². The van der Waals surface area contributed by atoms with Crippen LogP contribution in [-0.2, 0) is 6.54 Å². The highest BCUT2D eigenvalue weighted by Crippen LogP contribution is 2.29. The van der Waals surface area contributed by atoms with Crippen LogP contribution < -0.4 is 14.8 Å². The van der Waals surface area contributed by atoms with E-state index in [1.165, 1.54) is 5.56 Å². The minimum Gasteiger partial charge on any atom is -0.490 e. The summed E-state index contributed by atoms with van der Waals surface area (Å²) in [6.45, 7) is 9.54. The summed E-state index contributed by atoms with van der Waals surface area (Å²) in [4.78, 5) is 0. The van der Waals surface area contributed by atoms with Crippen molar-refractivity contribution in [2.75, 3.05) is 18.5 Å². The van der Waals surface area contributed by atoms with Crippen LogP contribution in [0.2, 0.25) is 0 Å².